The number of hydrogen-bond donors (Lipinski definition) is 1. The van der Waals surface area contributed by atoms with Gasteiger partial charge in [0.25, 0.3) is 0 Å². The van der Waals surface area contributed by atoms with Gasteiger partial charge in [0, 0.05) is 18.0 Å². The summed E-state index contributed by atoms with van der Waals surface area (Å²) >= 11 is 0. The van der Waals surface area contributed by atoms with Crippen molar-refractivity contribution in [1.82, 2.24) is 0 Å². The lowest BCUT2D eigenvalue weighted by Gasteiger charge is -2.30. The van der Waals surface area contributed by atoms with Crippen LogP contribution in [0.3, 0.4) is 0 Å². The fraction of sp³-hybridized carbons (Fsp3) is 0.200. The topological polar surface area (TPSA) is 35.2 Å². The maximum Gasteiger partial charge on any atom is 0.126 e. The highest BCUT2D eigenvalue weighted by Gasteiger charge is 2.26. The molecule has 0 fully saturated rings. The molecule has 2 aromatic carbocycles. The number of ether oxygens (including phenoxy) is 1. The van der Waals surface area contributed by atoms with Crippen molar-refractivity contribution in [2.24, 2.45) is 5.73 Å². The highest BCUT2D eigenvalue weighted by atomic mass is 19.1. The largest absolute Gasteiger partial charge is 0.485 e. The first-order chi connectivity index (χ1) is 8.74. The molecule has 2 N–H and O–H groups in total. The molecular weight excluding hydrogens is 229 g/mol. The number of para-hydroxylation sites is 1. The predicted molar refractivity (Wildman–Crippen MR) is 67.8 cm³/mol. The van der Waals surface area contributed by atoms with E-state index < -0.39 is 0 Å². The lowest BCUT2D eigenvalue weighted by Crippen LogP contribution is -2.24. The molecule has 1 unspecified atom stereocenters. The highest BCUT2D eigenvalue weighted by molar-refractivity contribution is 5.39. The molecule has 0 aromatic heterocycles. The maximum absolute atomic E-state index is 12.9. The van der Waals surface area contributed by atoms with E-state index in [2.05, 4.69) is 0 Å². The van der Waals surface area contributed by atoms with Gasteiger partial charge in [0.2, 0.25) is 0 Å². The summed E-state index contributed by atoms with van der Waals surface area (Å²) in [4.78, 5) is 0. The van der Waals surface area contributed by atoms with Crippen LogP contribution < -0.4 is 10.5 Å². The van der Waals surface area contributed by atoms with Crippen molar-refractivity contribution in [3.8, 4) is 5.75 Å². The summed E-state index contributed by atoms with van der Waals surface area (Å²) in [6, 6.07) is 14.2. The van der Waals surface area contributed by atoms with Gasteiger partial charge in [0.15, 0.2) is 0 Å². The quantitative estimate of drug-likeness (QED) is 0.833. The van der Waals surface area contributed by atoms with Gasteiger partial charge < -0.3 is 10.5 Å². The number of benzene rings is 2. The molecule has 0 bridgehead atoms. The first kappa shape index (κ1) is 11.2. The minimum Gasteiger partial charge on any atom is -0.485 e. The molecule has 1 heterocycles. The van der Waals surface area contributed by atoms with Gasteiger partial charge in [0.05, 0.1) is 0 Å². The highest BCUT2D eigenvalue weighted by Crippen LogP contribution is 2.39. The van der Waals surface area contributed by atoms with Crippen LogP contribution in [0.2, 0.25) is 0 Å². The van der Waals surface area contributed by atoms with Gasteiger partial charge in [-0.1, -0.05) is 30.3 Å². The van der Waals surface area contributed by atoms with Crippen LogP contribution in [0, 0.1) is 5.82 Å². The van der Waals surface area contributed by atoms with Crippen LogP contribution in [0.15, 0.2) is 48.5 Å². The summed E-state index contributed by atoms with van der Waals surface area (Å²) < 4.78 is 18.8. The zero-order chi connectivity index (χ0) is 12.5. The second-order valence-corrected chi connectivity index (χ2v) is 4.54. The number of fused-ring (bicyclic) bond motifs is 1. The lowest BCUT2D eigenvalue weighted by atomic mass is 9.94. The molecule has 1 aliphatic heterocycles. The standard InChI is InChI=1S/C15H14FNO/c16-11-7-5-10(6-8-11)15-9-13(17)12-3-1-2-4-14(12)18-15/h1-8,13,15H,9,17H2/t13-,15?/m1/s1. The fourth-order valence-corrected chi connectivity index (χ4v) is 2.33. The van der Waals surface area contributed by atoms with E-state index in [4.69, 9.17) is 10.5 Å². The second kappa shape index (κ2) is 4.42. The van der Waals surface area contributed by atoms with E-state index in [-0.39, 0.29) is 18.0 Å². The van der Waals surface area contributed by atoms with Crippen molar-refractivity contribution in [3.63, 3.8) is 0 Å². The Morgan fingerprint density at radius 1 is 1.06 bits per heavy atom. The Kier molecular flexibility index (Phi) is 2.76. The van der Waals surface area contributed by atoms with Gasteiger partial charge in [0.1, 0.15) is 17.7 Å². The Balaban J connectivity index is 1.92. The molecule has 0 aliphatic carbocycles. The van der Waals surface area contributed by atoms with E-state index >= 15 is 0 Å². The summed E-state index contributed by atoms with van der Waals surface area (Å²) in [5, 5.41) is 0. The van der Waals surface area contributed by atoms with Crippen LogP contribution in [-0.4, -0.2) is 0 Å². The first-order valence-electron chi connectivity index (χ1n) is 6.00. The number of rotatable bonds is 1. The average molecular weight is 243 g/mol. The summed E-state index contributed by atoms with van der Waals surface area (Å²) in [5.74, 6) is 0.588. The number of hydrogen-bond acceptors (Lipinski definition) is 2. The van der Waals surface area contributed by atoms with Crippen LogP contribution in [0.25, 0.3) is 0 Å². The molecule has 0 amide bonds. The molecule has 3 heteroatoms. The van der Waals surface area contributed by atoms with E-state index in [0.29, 0.717) is 6.42 Å². The van der Waals surface area contributed by atoms with E-state index in [1.54, 1.807) is 12.1 Å². The minimum atomic E-state index is -0.237. The Morgan fingerprint density at radius 2 is 1.78 bits per heavy atom. The summed E-state index contributed by atoms with van der Waals surface area (Å²) in [6.45, 7) is 0. The Hall–Kier alpha value is -1.87. The molecule has 2 aromatic rings. The normalized spacial score (nSPS) is 22.1. The third-order valence-electron chi connectivity index (χ3n) is 3.30. The summed E-state index contributed by atoms with van der Waals surface area (Å²) in [5.41, 5.74) is 8.15. The summed E-state index contributed by atoms with van der Waals surface area (Å²) in [7, 11) is 0. The van der Waals surface area contributed by atoms with Crippen LogP contribution in [0.5, 0.6) is 5.75 Å². The molecule has 92 valence electrons. The van der Waals surface area contributed by atoms with Crippen LogP contribution in [0.4, 0.5) is 4.39 Å². The fourth-order valence-electron chi connectivity index (χ4n) is 2.33. The molecule has 0 saturated heterocycles. The average Bonchev–Trinajstić information content (AvgIpc) is 2.39. The van der Waals surface area contributed by atoms with Crippen LogP contribution >= 0.6 is 0 Å². The molecule has 0 radical (unpaired) electrons. The molecule has 3 rings (SSSR count). The Morgan fingerprint density at radius 3 is 2.56 bits per heavy atom. The molecule has 2 atom stereocenters. The van der Waals surface area contributed by atoms with Gasteiger partial charge >= 0.3 is 0 Å². The zero-order valence-corrected chi connectivity index (χ0v) is 9.84. The van der Waals surface area contributed by atoms with Crippen molar-refractivity contribution >= 4 is 0 Å². The van der Waals surface area contributed by atoms with Crippen molar-refractivity contribution in [2.45, 2.75) is 18.6 Å². The van der Waals surface area contributed by atoms with Gasteiger partial charge in [-0.2, -0.15) is 0 Å². The van der Waals surface area contributed by atoms with Gasteiger partial charge in [-0.15, -0.1) is 0 Å². The van der Waals surface area contributed by atoms with E-state index in [9.17, 15) is 4.39 Å². The van der Waals surface area contributed by atoms with Crippen molar-refractivity contribution < 1.29 is 9.13 Å². The monoisotopic (exact) mass is 243 g/mol. The smallest absolute Gasteiger partial charge is 0.126 e. The zero-order valence-electron chi connectivity index (χ0n) is 9.84. The predicted octanol–water partition coefficient (Wildman–Crippen LogP) is 3.35. The van der Waals surface area contributed by atoms with Crippen molar-refractivity contribution in [2.75, 3.05) is 0 Å². The van der Waals surface area contributed by atoms with E-state index in [1.807, 2.05) is 24.3 Å². The molecule has 0 saturated carbocycles. The van der Waals surface area contributed by atoms with Gasteiger partial charge in [-0.3, -0.25) is 0 Å². The first-order valence-corrected chi connectivity index (χ1v) is 6.00. The summed E-state index contributed by atoms with van der Waals surface area (Å²) in [6.07, 6.45) is 0.610. The Bertz CT molecular complexity index is 553. The third kappa shape index (κ3) is 1.97. The van der Waals surface area contributed by atoms with Crippen molar-refractivity contribution in [3.05, 3.63) is 65.5 Å². The third-order valence-corrected chi connectivity index (χ3v) is 3.30. The van der Waals surface area contributed by atoms with Crippen LogP contribution in [0.1, 0.15) is 29.7 Å². The van der Waals surface area contributed by atoms with E-state index in [1.165, 1.54) is 12.1 Å². The SMILES string of the molecule is N[C@@H]1CC(c2ccc(F)cc2)Oc2ccccc21. The van der Waals surface area contributed by atoms with Crippen molar-refractivity contribution in [1.29, 1.82) is 0 Å². The van der Waals surface area contributed by atoms with E-state index in [0.717, 1.165) is 16.9 Å². The second-order valence-electron chi connectivity index (χ2n) is 4.54. The molecule has 2 nitrogen and oxygen atoms in total. The maximum atomic E-state index is 12.9. The number of nitrogens with two attached hydrogens (primary N) is 1. The molecule has 0 spiro atoms. The molecule has 18 heavy (non-hydrogen) atoms. The molecule has 1 aliphatic rings. The van der Waals surface area contributed by atoms with Gasteiger partial charge in [-0.05, 0) is 23.8 Å². The molecular formula is C15H14FNO. The Labute approximate surface area is 105 Å². The van der Waals surface area contributed by atoms with Crippen LogP contribution in [-0.2, 0) is 0 Å². The minimum absolute atomic E-state index is 0.0370. The number of halogens is 1. The van der Waals surface area contributed by atoms with Gasteiger partial charge in [-0.25, -0.2) is 4.39 Å². The lowest BCUT2D eigenvalue weighted by molar-refractivity contribution is 0.161.